The van der Waals surface area contributed by atoms with Crippen molar-refractivity contribution in [1.82, 2.24) is 9.97 Å². The van der Waals surface area contributed by atoms with E-state index < -0.39 is 0 Å². The molecule has 0 aliphatic heterocycles. The fourth-order valence-corrected chi connectivity index (χ4v) is 3.52. The molecule has 0 radical (unpaired) electrons. The number of halogens is 1. The quantitative estimate of drug-likeness (QED) is 0.461. The van der Waals surface area contributed by atoms with E-state index in [1.165, 1.54) is 0 Å². The predicted molar refractivity (Wildman–Crippen MR) is 125 cm³/mol. The lowest BCUT2D eigenvalue weighted by atomic mass is 10.1. The SMILES string of the molecule is CC(N)c1ccc(Nc2ncc(Cl)c(CCc3ccccc3NC(=O)C3CC3)n2)cc1. The maximum Gasteiger partial charge on any atom is 0.227 e. The van der Waals surface area contributed by atoms with Gasteiger partial charge in [0.1, 0.15) is 0 Å². The summed E-state index contributed by atoms with van der Waals surface area (Å²) >= 11 is 6.36. The van der Waals surface area contributed by atoms with Crippen molar-refractivity contribution in [1.29, 1.82) is 0 Å². The Bertz CT molecular complexity index is 1060. The molecule has 6 nitrogen and oxygen atoms in total. The van der Waals surface area contributed by atoms with E-state index in [0.717, 1.165) is 41.0 Å². The first-order valence-electron chi connectivity index (χ1n) is 10.5. The third-order valence-electron chi connectivity index (χ3n) is 5.36. The maximum absolute atomic E-state index is 12.2. The van der Waals surface area contributed by atoms with Gasteiger partial charge < -0.3 is 16.4 Å². The van der Waals surface area contributed by atoms with Crippen LogP contribution in [0.2, 0.25) is 5.02 Å². The second-order valence-electron chi connectivity index (χ2n) is 7.94. The van der Waals surface area contributed by atoms with Crippen LogP contribution in [0.1, 0.15) is 42.6 Å². The molecule has 1 amide bonds. The summed E-state index contributed by atoms with van der Waals surface area (Å²) in [5, 5.41) is 6.79. The number of rotatable bonds is 8. The van der Waals surface area contributed by atoms with Crippen molar-refractivity contribution in [3.63, 3.8) is 0 Å². The van der Waals surface area contributed by atoms with Crippen molar-refractivity contribution in [2.75, 3.05) is 10.6 Å². The molecule has 160 valence electrons. The van der Waals surface area contributed by atoms with Gasteiger partial charge in [0.2, 0.25) is 11.9 Å². The lowest BCUT2D eigenvalue weighted by molar-refractivity contribution is -0.117. The zero-order valence-electron chi connectivity index (χ0n) is 17.4. The molecular weight excluding hydrogens is 410 g/mol. The van der Waals surface area contributed by atoms with Crippen molar-refractivity contribution < 1.29 is 4.79 Å². The number of amides is 1. The predicted octanol–water partition coefficient (Wildman–Crippen LogP) is 5.03. The van der Waals surface area contributed by atoms with Gasteiger partial charge in [-0.1, -0.05) is 41.9 Å². The van der Waals surface area contributed by atoms with Crippen LogP contribution in [0.3, 0.4) is 0 Å². The number of benzene rings is 2. The highest BCUT2D eigenvalue weighted by molar-refractivity contribution is 6.31. The minimum absolute atomic E-state index is 0.00984. The van der Waals surface area contributed by atoms with Crippen LogP contribution in [0.5, 0.6) is 0 Å². The topological polar surface area (TPSA) is 92.9 Å². The van der Waals surface area contributed by atoms with Crippen molar-refractivity contribution in [2.24, 2.45) is 11.7 Å². The van der Waals surface area contributed by atoms with Gasteiger partial charge in [0.25, 0.3) is 0 Å². The molecule has 4 N–H and O–H groups in total. The summed E-state index contributed by atoms with van der Waals surface area (Å²) in [6.45, 7) is 1.95. The summed E-state index contributed by atoms with van der Waals surface area (Å²) in [6.07, 6.45) is 4.92. The van der Waals surface area contributed by atoms with Crippen molar-refractivity contribution in [3.05, 3.63) is 76.6 Å². The van der Waals surface area contributed by atoms with Crippen molar-refractivity contribution >= 4 is 34.8 Å². The summed E-state index contributed by atoms with van der Waals surface area (Å²) in [5.41, 5.74) is 10.5. The molecule has 1 heterocycles. The molecule has 2 aromatic carbocycles. The first kappa shape index (κ1) is 21.3. The number of hydrogen-bond donors (Lipinski definition) is 3. The molecule has 0 spiro atoms. The molecule has 3 aromatic rings. The Morgan fingerprint density at radius 1 is 1.16 bits per heavy atom. The molecule has 1 saturated carbocycles. The second kappa shape index (κ2) is 9.45. The molecule has 1 aromatic heterocycles. The third kappa shape index (κ3) is 5.60. The van der Waals surface area contributed by atoms with E-state index in [4.69, 9.17) is 17.3 Å². The molecule has 1 aliphatic rings. The van der Waals surface area contributed by atoms with Gasteiger partial charge in [-0.15, -0.1) is 0 Å². The average molecular weight is 436 g/mol. The molecule has 1 fully saturated rings. The molecule has 1 aliphatic carbocycles. The highest BCUT2D eigenvalue weighted by Gasteiger charge is 2.29. The first-order chi connectivity index (χ1) is 15.0. The van der Waals surface area contributed by atoms with E-state index in [9.17, 15) is 4.79 Å². The van der Waals surface area contributed by atoms with Gasteiger partial charge in [-0.25, -0.2) is 9.97 Å². The van der Waals surface area contributed by atoms with Gasteiger partial charge >= 0.3 is 0 Å². The summed E-state index contributed by atoms with van der Waals surface area (Å²) in [7, 11) is 0. The van der Waals surface area contributed by atoms with Crippen LogP contribution in [0.15, 0.2) is 54.7 Å². The van der Waals surface area contributed by atoms with Gasteiger partial charge in [-0.05, 0) is 61.9 Å². The lowest BCUT2D eigenvalue weighted by Crippen LogP contribution is -2.15. The van der Waals surface area contributed by atoms with Crippen LogP contribution in [0.4, 0.5) is 17.3 Å². The fraction of sp³-hybridized carbons (Fsp3) is 0.292. The number of para-hydroxylation sites is 1. The van der Waals surface area contributed by atoms with Gasteiger partial charge in [0, 0.05) is 23.3 Å². The molecule has 0 saturated heterocycles. The van der Waals surface area contributed by atoms with Gasteiger partial charge in [-0.3, -0.25) is 4.79 Å². The molecule has 1 unspecified atom stereocenters. The van der Waals surface area contributed by atoms with Crippen molar-refractivity contribution in [2.45, 2.75) is 38.6 Å². The number of aromatic nitrogens is 2. The molecule has 7 heteroatoms. The summed E-state index contributed by atoms with van der Waals surface area (Å²) in [4.78, 5) is 21.1. The Morgan fingerprint density at radius 3 is 2.61 bits per heavy atom. The summed E-state index contributed by atoms with van der Waals surface area (Å²) in [6, 6.07) is 15.7. The molecule has 31 heavy (non-hydrogen) atoms. The molecule has 0 bridgehead atoms. The average Bonchev–Trinajstić information content (AvgIpc) is 3.61. The molecule has 4 rings (SSSR count). The van der Waals surface area contributed by atoms with E-state index in [0.29, 0.717) is 23.8 Å². The Hall–Kier alpha value is -2.96. The Morgan fingerprint density at radius 2 is 1.90 bits per heavy atom. The minimum atomic E-state index is -0.00984. The molecular formula is C24H26ClN5O. The van der Waals surface area contributed by atoms with E-state index in [2.05, 4.69) is 20.6 Å². The summed E-state index contributed by atoms with van der Waals surface area (Å²) < 4.78 is 0. The van der Waals surface area contributed by atoms with E-state index in [-0.39, 0.29) is 17.9 Å². The number of nitrogens with zero attached hydrogens (tertiary/aromatic N) is 2. The van der Waals surface area contributed by atoms with E-state index in [1.54, 1.807) is 6.20 Å². The number of nitrogens with two attached hydrogens (primary N) is 1. The number of hydrogen-bond acceptors (Lipinski definition) is 5. The second-order valence-corrected chi connectivity index (χ2v) is 8.35. The van der Waals surface area contributed by atoms with Crippen molar-refractivity contribution in [3.8, 4) is 0 Å². The molecule has 1 atom stereocenters. The van der Waals surface area contributed by atoms with Crippen LogP contribution in [0, 0.1) is 5.92 Å². The minimum Gasteiger partial charge on any atom is -0.326 e. The van der Waals surface area contributed by atoms with Crippen LogP contribution in [-0.4, -0.2) is 15.9 Å². The van der Waals surface area contributed by atoms with Crippen LogP contribution >= 0.6 is 11.6 Å². The van der Waals surface area contributed by atoms with Crippen LogP contribution in [0.25, 0.3) is 0 Å². The normalized spacial score (nSPS) is 14.2. The first-order valence-corrected chi connectivity index (χ1v) is 10.9. The Balaban J connectivity index is 1.44. The fourth-order valence-electron chi connectivity index (χ4n) is 3.33. The smallest absolute Gasteiger partial charge is 0.227 e. The monoisotopic (exact) mass is 435 g/mol. The summed E-state index contributed by atoms with van der Waals surface area (Å²) in [5.74, 6) is 0.762. The van der Waals surface area contributed by atoms with Crippen LogP contribution in [-0.2, 0) is 17.6 Å². The maximum atomic E-state index is 12.2. The Kier molecular flexibility index (Phi) is 6.49. The zero-order valence-corrected chi connectivity index (χ0v) is 18.2. The Labute approximate surface area is 187 Å². The zero-order chi connectivity index (χ0) is 21.8. The highest BCUT2D eigenvalue weighted by atomic mass is 35.5. The largest absolute Gasteiger partial charge is 0.326 e. The van der Waals surface area contributed by atoms with Crippen LogP contribution < -0.4 is 16.4 Å². The standard InChI is InChI=1S/C24H26ClN5O/c1-15(26)16-8-11-19(12-9-16)28-24-27-14-20(25)22(30-24)13-10-17-4-2-3-5-21(17)29-23(31)18-6-7-18/h2-5,8-9,11-12,14-15,18H,6-7,10,13,26H2,1H3,(H,29,31)(H,27,28,30). The number of nitrogens with one attached hydrogen (secondary N) is 2. The van der Waals surface area contributed by atoms with Gasteiger partial charge in [0.15, 0.2) is 0 Å². The number of aryl methyl sites for hydroxylation is 2. The van der Waals surface area contributed by atoms with Gasteiger partial charge in [0.05, 0.1) is 16.9 Å². The van der Waals surface area contributed by atoms with E-state index >= 15 is 0 Å². The number of anilines is 3. The third-order valence-corrected chi connectivity index (χ3v) is 5.68. The van der Waals surface area contributed by atoms with Gasteiger partial charge in [-0.2, -0.15) is 0 Å². The lowest BCUT2D eigenvalue weighted by Gasteiger charge is -2.12. The van der Waals surface area contributed by atoms with E-state index in [1.807, 2.05) is 55.5 Å². The number of carbonyl (C=O) groups excluding carboxylic acids is 1. The highest BCUT2D eigenvalue weighted by Crippen LogP contribution is 2.31. The number of carbonyl (C=O) groups is 1.